The van der Waals surface area contributed by atoms with Gasteiger partial charge in [-0.2, -0.15) is 5.10 Å². The van der Waals surface area contributed by atoms with Gasteiger partial charge in [-0.1, -0.05) is 12.1 Å². The smallest absolute Gasteiger partial charge is 0.269 e. The summed E-state index contributed by atoms with van der Waals surface area (Å²) in [6.45, 7) is 5.25. The molecule has 0 bridgehead atoms. The second-order valence-corrected chi connectivity index (χ2v) is 6.76. The maximum Gasteiger partial charge on any atom is 0.269 e. The Balaban J connectivity index is 1.68. The molecular formula is C20H26FN3O4. The van der Waals surface area contributed by atoms with Crippen molar-refractivity contribution in [2.24, 2.45) is 0 Å². The minimum Gasteiger partial charge on any atom is -0.489 e. The van der Waals surface area contributed by atoms with Crippen LogP contribution in [0.4, 0.5) is 4.39 Å². The van der Waals surface area contributed by atoms with Crippen LogP contribution in [0.5, 0.6) is 5.75 Å². The van der Waals surface area contributed by atoms with E-state index < -0.39 is 5.82 Å². The number of nitrogens with one attached hydrogen (secondary N) is 1. The molecule has 7 nitrogen and oxygen atoms in total. The third-order valence-corrected chi connectivity index (χ3v) is 4.60. The Morgan fingerprint density at radius 2 is 2.14 bits per heavy atom. The zero-order valence-corrected chi connectivity index (χ0v) is 16.4. The molecular weight excluding hydrogens is 365 g/mol. The van der Waals surface area contributed by atoms with E-state index in [2.05, 4.69) is 10.4 Å². The highest BCUT2D eigenvalue weighted by atomic mass is 19.1. The van der Waals surface area contributed by atoms with Gasteiger partial charge in [-0.05, 0) is 26.0 Å². The molecule has 1 aliphatic heterocycles. The van der Waals surface area contributed by atoms with Crippen molar-refractivity contribution in [3.8, 4) is 5.75 Å². The number of benzene rings is 1. The molecule has 2 aromatic rings. The average molecular weight is 391 g/mol. The average Bonchev–Trinajstić information content (AvgIpc) is 3.03. The van der Waals surface area contributed by atoms with Crippen LogP contribution in [0.3, 0.4) is 0 Å². The minimum atomic E-state index is -0.427. The van der Waals surface area contributed by atoms with E-state index in [0.29, 0.717) is 25.3 Å². The normalized spacial score (nSPS) is 18.6. The summed E-state index contributed by atoms with van der Waals surface area (Å²) in [6.07, 6.45) is 0.471. The first-order chi connectivity index (χ1) is 13.5. The van der Waals surface area contributed by atoms with Crippen LogP contribution < -0.4 is 10.1 Å². The Morgan fingerprint density at radius 3 is 2.89 bits per heavy atom. The summed E-state index contributed by atoms with van der Waals surface area (Å²) in [6, 6.07) is 6.18. The number of hydrogen-bond donors (Lipinski definition) is 1. The van der Waals surface area contributed by atoms with Crippen molar-refractivity contribution >= 4 is 5.91 Å². The number of methoxy groups -OCH3 is 1. The van der Waals surface area contributed by atoms with Crippen molar-refractivity contribution in [1.29, 1.82) is 0 Å². The van der Waals surface area contributed by atoms with E-state index in [1.165, 1.54) is 6.07 Å². The van der Waals surface area contributed by atoms with Crippen LogP contribution >= 0.6 is 0 Å². The summed E-state index contributed by atoms with van der Waals surface area (Å²) in [4.78, 5) is 12.9. The number of para-hydroxylation sites is 1. The van der Waals surface area contributed by atoms with Crippen LogP contribution in [-0.2, 0) is 22.4 Å². The minimum absolute atomic E-state index is 0.0125. The fourth-order valence-electron chi connectivity index (χ4n) is 3.36. The zero-order valence-electron chi connectivity index (χ0n) is 16.4. The van der Waals surface area contributed by atoms with Gasteiger partial charge in [0.15, 0.2) is 11.6 Å². The first-order valence-electron chi connectivity index (χ1n) is 9.40. The lowest BCUT2D eigenvalue weighted by atomic mass is 9.99. The third-order valence-electron chi connectivity index (χ3n) is 4.60. The van der Waals surface area contributed by atoms with Crippen molar-refractivity contribution in [2.45, 2.75) is 39.0 Å². The van der Waals surface area contributed by atoms with Gasteiger partial charge < -0.3 is 19.5 Å². The van der Waals surface area contributed by atoms with E-state index in [1.807, 2.05) is 13.8 Å². The molecule has 1 amide bonds. The van der Waals surface area contributed by atoms with Crippen molar-refractivity contribution in [2.75, 3.05) is 26.9 Å². The van der Waals surface area contributed by atoms with Crippen LogP contribution in [0.15, 0.2) is 24.3 Å². The molecule has 2 heterocycles. The molecule has 8 heteroatoms. The molecule has 0 unspecified atom stereocenters. The van der Waals surface area contributed by atoms with E-state index in [-0.39, 0.29) is 37.0 Å². The number of carbonyl (C=O) groups is 1. The lowest BCUT2D eigenvalue weighted by Gasteiger charge is -2.24. The molecule has 28 heavy (non-hydrogen) atoms. The molecule has 0 saturated heterocycles. The topological polar surface area (TPSA) is 74.6 Å². The highest BCUT2D eigenvalue weighted by molar-refractivity contribution is 5.94. The summed E-state index contributed by atoms with van der Waals surface area (Å²) >= 11 is 0. The Bertz CT molecular complexity index is 824. The summed E-state index contributed by atoms with van der Waals surface area (Å²) in [5, 5.41) is 7.42. The third kappa shape index (κ3) is 4.51. The second kappa shape index (κ2) is 9.16. The van der Waals surface area contributed by atoms with Gasteiger partial charge >= 0.3 is 0 Å². The van der Waals surface area contributed by atoms with E-state index in [9.17, 15) is 9.18 Å². The number of carbonyl (C=O) groups excluding carboxylic acids is 1. The SMILES string of the molecule is COCCn1nc2c(c1C(=O)NCCOc1ccccc1F)C[C@H](C)O[C@@H]2C. The molecule has 2 atom stereocenters. The standard InChI is InChI=1S/C20H26FN3O4/c1-13-12-15-18(14(2)28-13)23-24(9-11-26-3)19(15)20(25)22-8-10-27-17-7-5-4-6-16(17)21/h4-7,13-14H,8-12H2,1-3H3,(H,22,25)/t13-,14+/m0/s1. The molecule has 1 aromatic heterocycles. The number of aromatic nitrogens is 2. The van der Waals surface area contributed by atoms with Crippen LogP contribution in [0, 0.1) is 5.82 Å². The number of hydrogen-bond acceptors (Lipinski definition) is 5. The molecule has 0 saturated carbocycles. The fraction of sp³-hybridized carbons (Fsp3) is 0.500. The Morgan fingerprint density at radius 1 is 1.36 bits per heavy atom. The summed E-state index contributed by atoms with van der Waals surface area (Å²) in [7, 11) is 1.61. The van der Waals surface area contributed by atoms with Gasteiger partial charge in [-0.3, -0.25) is 9.48 Å². The maximum atomic E-state index is 13.6. The van der Waals surface area contributed by atoms with E-state index in [4.69, 9.17) is 14.2 Å². The quantitative estimate of drug-likeness (QED) is 0.700. The Hall–Kier alpha value is -2.45. The molecule has 1 aliphatic rings. The number of fused-ring (bicyclic) bond motifs is 1. The van der Waals surface area contributed by atoms with Gasteiger partial charge in [0, 0.05) is 19.1 Å². The number of nitrogens with zero attached hydrogens (tertiary/aromatic N) is 2. The Kier molecular flexibility index (Phi) is 6.64. The molecule has 0 fully saturated rings. The summed E-state index contributed by atoms with van der Waals surface area (Å²) in [5.41, 5.74) is 2.23. The molecule has 0 radical (unpaired) electrons. The predicted molar refractivity (Wildman–Crippen MR) is 101 cm³/mol. The molecule has 3 rings (SSSR count). The lowest BCUT2D eigenvalue weighted by molar-refractivity contribution is -0.00716. The number of rotatable bonds is 8. The first-order valence-corrected chi connectivity index (χ1v) is 9.40. The largest absolute Gasteiger partial charge is 0.489 e. The van der Waals surface area contributed by atoms with Crippen molar-refractivity contribution in [3.05, 3.63) is 47.0 Å². The molecule has 1 aromatic carbocycles. The first kappa shape index (κ1) is 20.3. The van der Waals surface area contributed by atoms with Gasteiger partial charge in [0.25, 0.3) is 5.91 Å². The van der Waals surface area contributed by atoms with Crippen molar-refractivity contribution in [3.63, 3.8) is 0 Å². The highest BCUT2D eigenvalue weighted by Crippen LogP contribution is 2.31. The van der Waals surface area contributed by atoms with Crippen LogP contribution in [0.2, 0.25) is 0 Å². The lowest BCUT2D eigenvalue weighted by Crippen LogP contribution is -2.32. The molecule has 152 valence electrons. The van der Waals surface area contributed by atoms with Crippen molar-refractivity contribution < 1.29 is 23.4 Å². The van der Waals surface area contributed by atoms with Gasteiger partial charge in [-0.25, -0.2) is 4.39 Å². The van der Waals surface area contributed by atoms with E-state index in [0.717, 1.165) is 11.3 Å². The van der Waals surface area contributed by atoms with E-state index in [1.54, 1.807) is 30.0 Å². The van der Waals surface area contributed by atoms with E-state index >= 15 is 0 Å². The second-order valence-electron chi connectivity index (χ2n) is 6.76. The number of ether oxygens (including phenoxy) is 3. The van der Waals surface area contributed by atoms with Gasteiger partial charge in [0.1, 0.15) is 12.3 Å². The predicted octanol–water partition coefficient (Wildman–Crippen LogP) is 2.50. The van der Waals surface area contributed by atoms with Gasteiger partial charge in [0.2, 0.25) is 0 Å². The van der Waals surface area contributed by atoms with Crippen LogP contribution in [0.1, 0.15) is 41.7 Å². The van der Waals surface area contributed by atoms with Crippen molar-refractivity contribution in [1.82, 2.24) is 15.1 Å². The maximum absolute atomic E-state index is 13.6. The van der Waals surface area contributed by atoms with Gasteiger partial charge in [-0.15, -0.1) is 0 Å². The number of halogens is 1. The van der Waals surface area contributed by atoms with Crippen LogP contribution in [-0.4, -0.2) is 48.7 Å². The molecule has 0 spiro atoms. The van der Waals surface area contributed by atoms with Crippen LogP contribution in [0.25, 0.3) is 0 Å². The monoisotopic (exact) mass is 391 g/mol. The summed E-state index contributed by atoms with van der Waals surface area (Å²) < 4.78 is 31.6. The zero-order chi connectivity index (χ0) is 20.1. The molecule has 0 aliphatic carbocycles. The fourth-order valence-corrected chi connectivity index (χ4v) is 3.36. The highest BCUT2D eigenvalue weighted by Gasteiger charge is 2.31. The van der Waals surface area contributed by atoms with Gasteiger partial charge in [0.05, 0.1) is 37.6 Å². The summed E-state index contributed by atoms with van der Waals surface area (Å²) in [5.74, 6) is -0.495. The number of amides is 1. The molecule has 1 N–H and O–H groups in total. The Labute approximate surface area is 163 Å².